The van der Waals surface area contributed by atoms with Crippen LogP contribution in [0.1, 0.15) is 39.0 Å². The Morgan fingerprint density at radius 2 is 2.00 bits per heavy atom. The van der Waals surface area contributed by atoms with Crippen molar-refractivity contribution in [3.05, 3.63) is 0 Å². The fourth-order valence-electron chi connectivity index (χ4n) is 1.63. The Morgan fingerprint density at radius 3 is 2.58 bits per heavy atom. The highest BCUT2D eigenvalue weighted by Crippen LogP contribution is 2.41. The lowest BCUT2D eigenvalue weighted by Gasteiger charge is -2.18. The Hall–Kier alpha value is -0.280. The molecule has 0 aromatic heterocycles. The molecule has 0 fully saturated rings. The van der Waals surface area contributed by atoms with Crippen molar-refractivity contribution in [1.82, 2.24) is 0 Å². The molecule has 0 radical (unpaired) electrons. The van der Waals surface area contributed by atoms with E-state index in [4.69, 9.17) is 0 Å². The van der Waals surface area contributed by atoms with E-state index >= 15 is 0 Å². The summed E-state index contributed by atoms with van der Waals surface area (Å²) in [6, 6.07) is 0. The second-order valence-corrected chi connectivity index (χ2v) is 7.87. The van der Waals surface area contributed by atoms with E-state index in [9.17, 15) is 21.6 Å². The lowest BCUT2D eigenvalue weighted by atomic mass is 10.2. The number of hydrogen-bond donors (Lipinski definition) is 1. The van der Waals surface area contributed by atoms with Crippen LogP contribution >= 0.6 is 11.2 Å². The molecule has 0 spiro atoms. The molecule has 9 heteroatoms. The summed E-state index contributed by atoms with van der Waals surface area (Å²) < 4.78 is 62.9. The zero-order valence-electron chi connectivity index (χ0n) is 10.6. The lowest BCUT2D eigenvalue weighted by Crippen LogP contribution is -2.25. The van der Waals surface area contributed by atoms with E-state index in [-0.39, 0.29) is 5.75 Å². The van der Waals surface area contributed by atoms with Gasteiger partial charge in [-0.2, -0.15) is 21.6 Å². The van der Waals surface area contributed by atoms with Gasteiger partial charge in [-0.15, -0.1) is 0 Å². The molecule has 0 bridgehead atoms. The predicted octanol–water partition coefficient (Wildman–Crippen LogP) is 3.15. The normalized spacial score (nSPS) is 22.5. The van der Waals surface area contributed by atoms with Gasteiger partial charge in [-0.3, -0.25) is 4.99 Å². The number of thiol groups is 1. The summed E-state index contributed by atoms with van der Waals surface area (Å²) in [5.41, 5.74) is -5.36. The molecular formula is C10H18F3NO3S2. The first-order chi connectivity index (χ1) is 8.78. The predicted molar refractivity (Wildman–Crippen MR) is 71.0 cm³/mol. The molecule has 0 aromatic rings. The minimum absolute atomic E-state index is 0.258. The molecule has 1 heterocycles. The Labute approximate surface area is 114 Å². The Morgan fingerprint density at radius 1 is 1.32 bits per heavy atom. The van der Waals surface area contributed by atoms with Crippen LogP contribution in [0.2, 0.25) is 0 Å². The molecule has 19 heavy (non-hydrogen) atoms. The van der Waals surface area contributed by atoms with Gasteiger partial charge in [0.15, 0.2) is 0 Å². The minimum Gasteiger partial charge on any atom is -0.282 e. The third-order valence-corrected chi connectivity index (χ3v) is 6.23. The van der Waals surface area contributed by atoms with Gasteiger partial charge in [0.05, 0.1) is 5.04 Å². The Bertz CT molecular complexity index is 420. The average molecular weight is 321 g/mol. The van der Waals surface area contributed by atoms with Gasteiger partial charge in [0, 0.05) is 12.3 Å². The second kappa shape index (κ2) is 6.94. The number of alkyl halides is 3. The van der Waals surface area contributed by atoms with Gasteiger partial charge in [0.2, 0.25) is 0 Å². The van der Waals surface area contributed by atoms with Crippen molar-refractivity contribution in [1.29, 1.82) is 0 Å². The summed E-state index contributed by atoms with van der Waals surface area (Å²) in [4.78, 5) is 4.07. The Balaban J connectivity index is 2.53. The maximum absolute atomic E-state index is 12.2. The third kappa shape index (κ3) is 4.96. The maximum Gasteiger partial charge on any atom is 0.523 e. The highest BCUT2D eigenvalue weighted by molar-refractivity contribution is 8.29. The number of hydrogen-bond acceptors (Lipinski definition) is 4. The second-order valence-electron chi connectivity index (χ2n) is 4.19. The maximum atomic E-state index is 12.2. The van der Waals surface area contributed by atoms with Gasteiger partial charge in [0.1, 0.15) is 0 Å². The molecule has 0 aliphatic carbocycles. The molecule has 0 aromatic carbocycles. The molecule has 1 aliphatic rings. The summed E-state index contributed by atoms with van der Waals surface area (Å²) in [5.74, 6) is 0.258. The number of unbranched alkanes of at least 4 members (excludes halogenated alkanes) is 3. The smallest absolute Gasteiger partial charge is 0.282 e. The van der Waals surface area contributed by atoms with E-state index in [1.165, 1.54) is 0 Å². The van der Waals surface area contributed by atoms with Crippen molar-refractivity contribution in [2.75, 3.05) is 12.3 Å². The summed E-state index contributed by atoms with van der Waals surface area (Å²) in [6.07, 6.45) is 4.40. The third-order valence-electron chi connectivity index (χ3n) is 2.61. The quantitative estimate of drug-likeness (QED) is 0.445. The van der Waals surface area contributed by atoms with Crippen molar-refractivity contribution in [2.24, 2.45) is 4.99 Å². The summed E-state index contributed by atoms with van der Waals surface area (Å²) >= 11 is -1.74. The van der Waals surface area contributed by atoms with Gasteiger partial charge >= 0.3 is 15.6 Å². The van der Waals surface area contributed by atoms with Gasteiger partial charge < -0.3 is 0 Å². The minimum atomic E-state index is -5.50. The van der Waals surface area contributed by atoms with Crippen LogP contribution in [-0.2, 0) is 13.7 Å². The number of nitrogens with zero attached hydrogens (tertiary/aromatic N) is 1. The van der Waals surface area contributed by atoms with Crippen molar-refractivity contribution in [3.8, 4) is 0 Å². The summed E-state index contributed by atoms with van der Waals surface area (Å²) in [7, 11) is -5.50. The van der Waals surface area contributed by atoms with Gasteiger partial charge in [-0.25, -0.2) is 3.63 Å². The average Bonchev–Trinajstić information content (AvgIpc) is 2.70. The number of rotatable bonds is 7. The molecule has 1 atom stereocenters. The topological polar surface area (TPSA) is 55.7 Å². The molecular weight excluding hydrogens is 303 g/mol. The SMILES string of the molecule is CCCCCCC1=NCC[SH]1OS(=O)(=O)C(F)(F)F. The van der Waals surface area contributed by atoms with Crippen LogP contribution in [0.3, 0.4) is 0 Å². The van der Waals surface area contributed by atoms with E-state index in [1.807, 2.05) is 0 Å². The van der Waals surface area contributed by atoms with Crippen molar-refractivity contribution < 1.29 is 25.2 Å². The van der Waals surface area contributed by atoms with Crippen molar-refractivity contribution >= 4 is 26.3 Å². The van der Waals surface area contributed by atoms with Crippen LogP contribution in [0.15, 0.2) is 4.99 Å². The van der Waals surface area contributed by atoms with E-state index < -0.39 is 26.8 Å². The van der Waals surface area contributed by atoms with Crippen LogP contribution < -0.4 is 0 Å². The fourth-order valence-corrected chi connectivity index (χ4v) is 4.77. The lowest BCUT2D eigenvalue weighted by molar-refractivity contribution is -0.0494. The van der Waals surface area contributed by atoms with Gasteiger partial charge in [-0.1, -0.05) is 37.4 Å². The van der Waals surface area contributed by atoms with Crippen LogP contribution in [-0.4, -0.2) is 31.3 Å². The van der Waals surface area contributed by atoms with Crippen LogP contribution in [0.4, 0.5) is 13.2 Å². The molecule has 0 saturated heterocycles. The van der Waals surface area contributed by atoms with Crippen molar-refractivity contribution in [3.63, 3.8) is 0 Å². The first-order valence-corrected chi connectivity index (χ1v) is 8.95. The van der Waals surface area contributed by atoms with Crippen LogP contribution in [0.25, 0.3) is 0 Å². The zero-order valence-corrected chi connectivity index (χ0v) is 12.3. The molecule has 1 aliphatic heterocycles. The first kappa shape index (κ1) is 16.8. The Kier molecular flexibility index (Phi) is 6.13. The van der Waals surface area contributed by atoms with E-state index in [1.54, 1.807) is 0 Å². The van der Waals surface area contributed by atoms with Gasteiger partial charge in [-0.05, 0) is 12.8 Å². The van der Waals surface area contributed by atoms with E-state index in [0.717, 1.165) is 25.7 Å². The molecule has 1 rings (SSSR count). The van der Waals surface area contributed by atoms with Crippen LogP contribution in [0.5, 0.6) is 0 Å². The molecule has 4 nitrogen and oxygen atoms in total. The van der Waals surface area contributed by atoms with E-state index in [2.05, 4.69) is 15.5 Å². The molecule has 114 valence electrons. The molecule has 1 unspecified atom stereocenters. The zero-order chi connectivity index (χ0) is 14.5. The van der Waals surface area contributed by atoms with Crippen LogP contribution in [0, 0.1) is 0 Å². The highest BCUT2D eigenvalue weighted by Gasteiger charge is 2.49. The van der Waals surface area contributed by atoms with Gasteiger partial charge in [0.25, 0.3) is 0 Å². The van der Waals surface area contributed by atoms with Crippen molar-refractivity contribution in [2.45, 2.75) is 44.5 Å². The summed E-state index contributed by atoms with van der Waals surface area (Å²) in [5, 5.41) is 0.499. The fraction of sp³-hybridized carbons (Fsp3) is 0.900. The highest BCUT2D eigenvalue weighted by atomic mass is 32.3. The first-order valence-electron chi connectivity index (χ1n) is 6.09. The largest absolute Gasteiger partial charge is 0.523 e. The monoisotopic (exact) mass is 321 g/mol. The number of halogens is 3. The summed E-state index contributed by atoms with van der Waals surface area (Å²) in [6.45, 7) is 2.40. The molecule has 0 N–H and O–H groups in total. The number of aliphatic imine (C=N–C) groups is 1. The molecule has 0 amide bonds. The van der Waals surface area contributed by atoms with E-state index in [0.29, 0.717) is 18.0 Å². The molecule has 0 saturated carbocycles. The standard InChI is InChI=1S/C10H18F3NO3S2/c1-2-3-4-5-6-9-14-7-8-18(9)17-19(15,16)10(11,12)13/h18H,2-8H2,1H3.